The lowest BCUT2D eigenvalue weighted by atomic mass is 9.76. The zero-order chi connectivity index (χ0) is 26.2. The van der Waals surface area contributed by atoms with E-state index >= 15 is 0 Å². The van der Waals surface area contributed by atoms with Crippen LogP contribution in [-0.4, -0.2) is 0 Å². The van der Waals surface area contributed by atoms with Gasteiger partial charge in [0.15, 0.2) is 0 Å². The Kier molecular flexibility index (Phi) is 9.35. The van der Waals surface area contributed by atoms with Crippen molar-refractivity contribution in [2.24, 2.45) is 11.8 Å². The summed E-state index contributed by atoms with van der Waals surface area (Å²) in [7, 11) is 0. The standard InChI is InChI=1S/C37H45N/c1-2-3-4-28-7-15-33(16-8-28)36-23-25-37(26-24-36)34-19-11-30(12-20-34)6-5-29-9-17-32(18-10-29)35-21-13-31(27-38)14-22-35/h11-14,19-26,28-29,32-33H,2-10,15-18H2,1H3. The minimum atomic E-state index is 0.672. The fraction of sp³-hybridized carbons (Fsp3) is 0.486. The molecule has 0 saturated heterocycles. The average Bonchev–Trinajstić information content (AvgIpc) is 3.00. The molecule has 2 fully saturated rings. The number of hydrogen-bond donors (Lipinski definition) is 0. The van der Waals surface area contributed by atoms with Crippen molar-refractivity contribution in [2.75, 3.05) is 0 Å². The van der Waals surface area contributed by atoms with Crippen molar-refractivity contribution in [3.63, 3.8) is 0 Å². The van der Waals surface area contributed by atoms with Gasteiger partial charge < -0.3 is 0 Å². The minimum absolute atomic E-state index is 0.672. The van der Waals surface area contributed by atoms with E-state index in [1.54, 1.807) is 5.56 Å². The monoisotopic (exact) mass is 503 g/mol. The van der Waals surface area contributed by atoms with E-state index in [2.05, 4.69) is 73.7 Å². The number of aryl methyl sites for hydroxylation is 1. The van der Waals surface area contributed by atoms with Crippen molar-refractivity contribution < 1.29 is 0 Å². The molecule has 0 heterocycles. The molecule has 3 aromatic rings. The maximum Gasteiger partial charge on any atom is 0.0991 e. The summed E-state index contributed by atoms with van der Waals surface area (Å²) in [5.41, 5.74) is 7.89. The van der Waals surface area contributed by atoms with Gasteiger partial charge in [0.1, 0.15) is 0 Å². The van der Waals surface area contributed by atoms with Gasteiger partial charge in [-0.15, -0.1) is 0 Å². The lowest BCUT2D eigenvalue weighted by molar-refractivity contribution is 0.304. The van der Waals surface area contributed by atoms with Crippen LogP contribution in [0.3, 0.4) is 0 Å². The van der Waals surface area contributed by atoms with E-state index in [4.69, 9.17) is 5.26 Å². The zero-order valence-electron chi connectivity index (χ0n) is 23.4. The Morgan fingerprint density at radius 1 is 0.605 bits per heavy atom. The van der Waals surface area contributed by atoms with E-state index in [0.717, 1.165) is 23.3 Å². The molecule has 38 heavy (non-hydrogen) atoms. The number of unbranched alkanes of at least 4 members (excludes halogenated alkanes) is 1. The van der Waals surface area contributed by atoms with E-state index in [1.807, 2.05) is 12.1 Å². The van der Waals surface area contributed by atoms with Gasteiger partial charge in [-0.25, -0.2) is 0 Å². The van der Waals surface area contributed by atoms with Crippen LogP contribution >= 0.6 is 0 Å². The SMILES string of the molecule is CCCCC1CCC(c2ccc(-c3ccc(CCC4CCC(c5ccc(C#N)cc5)CC4)cc3)cc2)CC1. The molecule has 0 radical (unpaired) electrons. The third-order valence-electron chi connectivity index (χ3n) is 9.68. The number of benzene rings is 3. The quantitative estimate of drug-likeness (QED) is 0.285. The van der Waals surface area contributed by atoms with Crippen LogP contribution < -0.4 is 0 Å². The predicted molar refractivity (Wildman–Crippen MR) is 160 cm³/mol. The summed E-state index contributed by atoms with van der Waals surface area (Å²) in [5.74, 6) is 3.26. The molecule has 2 aliphatic rings. The largest absolute Gasteiger partial charge is 0.192 e. The molecule has 198 valence electrons. The molecule has 2 saturated carbocycles. The third kappa shape index (κ3) is 6.96. The summed E-state index contributed by atoms with van der Waals surface area (Å²) in [6.07, 6.45) is 17.5. The van der Waals surface area contributed by atoms with Gasteiger partial charge in [0.25, 0.3) is 0 Å². The summed E-state index contributed by atoms with van der Waals surface area (Å²) >= 11 is 0. The van der Waals surface area contributed by atoms with Gasteiger partial charge in [0, 0.05) is 0 Å². The zero-order valence-corrected chi connectivity index (χ0v) is 23.4. The molecular weight excluding hydrogens is 458 g/mol. The van der Waals surface area contributed by atoms with Gasteiger partial charge >= 0.3 is 0 Å². The highest BCUT2D eigenvalue weighted by Gasteiger charge is 2.23. The number of hydrogen-bond acceptors (Lipinski definition) is 1. The molecule has 0 atom stereocenters. The molecule has 1 heteroatoms. The van der Waals surface area contributed by atoms with E-state index in [9.17, 15) is 0 Å². The second-order valence-electron chi connectivity index (χ2n) is 12.2. The highest BCUT2D eigenvalue weighted by atomic mass is 14.3. The maximum absolute atomic E-state index is 9.03. The lowest BCUT2D eigenvalue weighted by Crippen LogP contribution is -2.14. The van der Waals surface area contributed by atoms with Gasteiger partial charge in [-0.05, 0) is 128 Å². The van der Waals surface area contributed by atoms with Crippen LogP contribution in [0.5, 0.6) is 0 Å². The first-order valence-corrected chi connectivity index (χ1v) is 15.4. The fourth-order valence-electron chi connectivity index (χ4n) is 7.07. The Morgan fingerprint density at radius 3 is 1.58 bits per heavy atom. The normalized spacial score (nSPS) is 23.6. The molecule has 0 aromatic heterocycles. The van der Waals surface area contributed by atoms with Crippen molar-refractivity contribution in [3.05, 3.63) is 95.1 Å². The predicted octanol–water partition coefficient (Wildman–Crippen LogP) is 10.6. The molecule has 0 amide bonds. The Labute approximate surface area is 231 Å². The Hall–Kier alpha value is -2.85. The highest BCUT2D eigenvalue weighted by Crippen LogP contribution is 2.39. The Bertz CT molecular complexity index is 1150. The second kappa shape index (κ2) is 13.3. The van der Waals surface area contributed by atoms with Gasteiger partial charge in [0.2, 0.25) is 0 Å². The molecule has 0 bridgehead atoms. The van der Waals surface area contributed by atoms with Crippen LogP contribution in [0.2, 0.25) is 0 Å². The maximum atomic E-state index is 9.03. The molecule has 1 nitrogen and oxygen atoms in total. The van der Waals surface area contributed by atoms with Gasteiger partial charge in [-0.3, -0.25) is 0 Å². The van der Waals surface area contributed by atoms with Crippen LogP contribution in [0.1, 0.15) is 118 Å². The molecule has 0 spiro atoms. The summed E-state index contributed by atoms with van der Waals surface area (Å²) in [4.78, 5) is 0. The Morgan fingerprint density at radius 2 is 1.08 bits per heavy atom. The number of rotatable bonds is 9. The summed E-state index contributed by atoms with van der Waals surface area (Å²) < 4.78 is 0. The van der Waals surface area contributed by atoms with Crippen LogP contribution in [0, 0.1) is 23.2 Å². The van der Waals surface area contributed by atoms with Gasteiger partial charge in [-0.2, -0.15) is 5.26 Å². The van der Waals surface area contributed by atoms with Crippen LogP contribution in [-0.2, 0) is 6.42 Å². The molecule has 5 rings (SSSR count). The van der Waals surface area contributed by atoms with E-state index in [-0.39, 0.29) is 0 Å². The van der Waals surface area contributed by atoms with Crippen molar-refractivity contribution in [1.29, 1.82) is 5.26 Å². The molecular formula is C37H45N. The average molecular weight is 504 g/mol. The summed E-state index contributed by atoms with van der Waals surface area (Å²) in [6.45, 7) is 2.31. The summed E-state index contributed by atoms with van der Waals surface area (Å²) in [6, 6.07) is 29.3. The molecule has 0 N–H and O–H groups in total. The molecule has 2 aliphatic carbocycles. The van der Waals surface area contributed by atoms with Crippen molar-refractivity contribution in [1.82, 2.24) is 0 Å². The van der Waals surface area contributed by atoms with Crippen LogP contribution in [0.4, 0.5) is 0 Å². The van der Waals surface area contributed by atoms with Gasteiger partial charge in [-0.1, -0.05) is 86.8 Å². The Balaban J connectivity index is 1.07. The van der Waals surface area contributed by atoms with E-state index in [1.165, 1.54) is 106 Å². The van der Waals surface area contributed by atoms with Crippen LogP contribution in [0.15, 0.2) is 72.8 Å². The van der Waals surface area contributed by atoms with Crippen molar-refractivity contribution >= 4 is 0 Å². The first-order chi connectivity index (χ1) is 18.7. The molecule has 3 aromatic carbocycles. The van der Waals surface area contributed by atoms with Crippen molar-refractivity contribution in [2.45, 2.75) is 102 Å². The van der Waals surface area contributed by atoms with Gasteiger partial charge in [0.05, 0.1) is 11.6 Å². The molecule has 0 aliphatic heterocycles. The first-order valence-electron chi connectivity index (χ1n) is 15.4. The number of nitrogens with zero attached hydrogens (tertiary/aromatic N) is 1. The van der Waals surface area contributed by atoms with Crippen LogP contribution in [0.25, 0.3) is 11.1 Å². The topological polar surface area (TPSA) is 23.8 Å². The first kappa shape index (κ1) is 26.7. The third-order valence-corrected chi connectivity index (χ3v) is 9.68. The van der Waals surface area contributed by atoms with E-state index in [0.29, 0.717) is 5.92 Å². The highest BCUT2D eigenvalue weighted by molar-refractivity contribution is 5.64. The van der Waals surface area contributed by atoms with E-state index < -0.39 is 0 Å². The second-order valence-corrected chi connectivity index (χ2v) is 12.2. The fourth-order valence-corrected chi connectivity index (χ4v) is 7.07. The summed E-state index contributed by atoms with van der Waals surface area (Å²) in [5, 5.41) is 9.03. The minimum Gasteiger partial charge on any atom is -0.192 e. The lowest BCUT2D eigenvalue weighted by Gasteiger charge is -2.29. The van der Waals surface area contributed by atoms with Crippen molar-refractivity contribution in [3.8, 4) is 17.2 Å². The smallest absolute Gasteiger partial charge is 0.0991 e. The number of nitriles is 1. The molecule has 0 unspecified atom stereocenters.